The fraction of sp³-hybridized carbons (Fsp3) is 0.417. The maximum Gasteiger partial charge on any atom is 0.416 e. The van der Waals surface area contributed by atoms with Gasteiger partial charge in [0.2, 0.25) is 10.0 Å². The molecule has 1 saturated heterocycles. The van der Waals surface area contributed by atoms with Crippen LogP contribution in [0.4, 0.5) is 13.2 Å². The first kappa shape index (κ1) is 25.2. The molecule has 7 nitrogen and oxygen atoms in total. The Balaban J connectivity index is 1.18. The molecule has 0 saturated carbocycles. The largest absolute Gasteiger partial charge is 0.416 e. The van der Waals surface area contributed by atoms with Crippen molar-refractivity contribution in [1.82, 2.24) is 19.6 Å². The molecule has 0 atom stereocenters. The summed E-state index contributed by atoms with van der Waals surface area (Å²) in [6.45, 7) is 1.24. The molecule has 2 aromatic heterocycles. The first-order chi connectivity index (χ1) is 16.6. The number of sulfonamides is 1. The lowest BCUT2D eigenvalue weighted by Crippen LogP contribution is -2.38. The van der Waals surface area contributed by atoms with E-state index in [-0.39, 0.29) is 10.8 Å². The molecule has 35 heavy (non-hydrogen) atoms. The average Bonchev–Trinajstić information content (AvgIpc) is 3.28. The van der Waals surface area contributed by atoms with E-state index in [1.165, 1.54) is 4.31 Å². The van der Waals surface area contributed by atoms with E-state index in [9.17, 15) is 26.4 Å². The van der Waals surface area contributed by atoms with Crippen LogP contribution in [-0.4, -0.2) is 48.2 Å². The van der Waals surface area contributed by atoms with E-state index in [1.54, 1.807) is 18.5 Å². The lowest BCUT2D eigenvalue weighted by molar-refractivity contribution is -0.137. The summed E-state index contributed by atoms with van der Waals surface area (Å²) in [5.74, 6) is 0.217. The average molecular weight is 509 g/mol. The van der Waals surface area contributed by atoms with E-state index in [0.717, 1.165) is 54.4 Å². The minimum atomic E-state index is -4.50. The van der Waals surface area contributed by atoms with Crippen LogP contribution in [0.1, 0.15) is 48.2 Å². The molecule has 0 aliphatic carbocycles. The number of rotatable bonds is 8. The smallest absolute Gasteiger partial charge is 0.351 e. The third-order valence-corrected chi connectivity index (χ3v) is 8.30. The maximum absolute atomic E-state index is 12.8. The van der Waals surface area contributed by atoms with Gasteiger partial charge in [-0.3, -0.25) is 9.78 Å². The zero-order valence-corrected chi connectivity index (χ0v) is 19.8. The second-order valence-corrected chi connectivity index (χ2v) is 10.7. The molecular formula is C24H27F3N4O3S. The number of carbonyl (C=O) groups is 1. The molecule has 3 heterocycles. The second kappa shape index (κ2) is 10.4. The quantitative estimate of drug-likeness (QED) is 0.436. The highest BCUT2D eigenvalue weighted by Crippen LogP contribution is 2.31. The number of aromatic nitrogens is 2. The lowest BCUT2D eigenvalue weighted by atomic mass is 9.92. The Morgan fingerprint density at radius 1 is 1.11 bits per heavy atom. The molecule has 0 spiro atoms. The fourth-order valence-electron chi connectivity index (χ4n) is 4.35. The standard InChI is InChI=1S/C24H27F3N4O3S/c25-24(26,27)19-4-6-20(7-5-19)35(33,34)31-13-9-17(10-14-31)3-1-2-11-29-23(32)22-15-18-16-28-12-8-21(18)30-22/h4-8,12,15-17,30H,1-3,9-11,13-14H2,(H,29,32). The van der Waals surface area contributed by atoms with Crippen molar-refractivity contribution in [3.05, 3.63) is 60.0 Å². The predicted octanol–water partition coefficient (Wildman–Crippen LogP) is 4.58. The molecule has 0 bridgehead atoms. The van der Waals surface area contributed by atoms with Gasteiger partial charge in [0, 0.05) is 42.9 Å². The number of unbranched alkanes of at least 4 members (excludes halogenated alkanes) is 1. The van der Waals surface area contributed by atoms with Gasteiger partial charge >= 0.3 is 6.18 Å². The molecule has 1 aliphatic heterocycles. The van der Waals surface area contributed by atoms with Crippen molar-refractivity contribution in [2.24, 2.45) is 5.92 Å². The number of nitrogens with zero attached hydrogens (tertiary/aromatic N) is 2. The molecule has 188 valence electrons. The first-order valence-corrected chi connectivity index (χ1v) is 13.0. The minimum absolute atomic E-state index is 0.120. The Morgan fingerprint density at radius 2 is 1.83 bits per heavy atom. The number of halogens is 3. The molecule has 3 aromatic rings. The third kappa shape index (κ3) is 6.02. The van der Waals surface area contributed by atoms with Gasteiger partial charge in [0.25, 0.3) is 5.91 Å². The summed E-state index contributed by atoms with van der Waals surface area (Å²) in [5.41, 5.74) is 0.483. The van der Waals surface area contributed by atoms with Crippen molar-refractivity contribution in [3.8, 4) is 0 Å². The van der Waals surface area contributed by atoms with Crippen LogP contribution in [0.3, 0.4) is 0 Å². The fourth-order valence-corrected chi connectivity index (χ4v) is 5.82. The number of aromatic amines is 1. The highest BCUT2D eigenvalue weighted by Gasteiger charge is 2.32. The molecule has 1 fully saturated rings. The van der Waals surface area contributed by atoms with Crippen molar-refractivity contribution >= 4 is 26.8 Å². The van der Waals surface area contributed by atoms with Crippen LogP contribution in [0.15, 0.2) is 53.7 Å². The minimum Gasteiger partial charge on any atom is -0.351 e. The summed E-state index contributed by atoms with van der Waals surface area (Å²) in [6.07, 6.45) is 2.92. The molecular weight excluding hydrogens is 481 g/mol. The molecule has 1 aromatic carbocycles. The molecule has 1 aliphatic rings. The summed E-state index contributed by atoms with van der Waals surface area (Å²) in [7, 11) is -3.81. The zero-order valence-electron chi connectivity index (χ0n) is 19.0. The number of H-pyrrole nitrogens is 1. The van der Waals surface area contributed by atoms with Crippen LogP contribution in [0.5, 0.6) is 0 Å². The Hall–Kier alpha value is -2.92. The van der Waals surface area contributed by atoms with Crippen LogP contribution in [-0.2, 0) is 16.2 Å². The summed E-state index contributed by atoms with van der Waals surface area (Å²) in [4.78, 5) is 19.3. The molecule has 4 rings (SSSR count). The number of carbonyl (C=O) groups excluding carboxylic acids is 1. The van der Waals surface area contributed by atoms with Gasteiger partial charge in [-0.15, -0.1) is 0 Å². The summed E-state index contributed by atoms with van der Waals surface area (Å²) in [6, 6.07) is 7.22. The van der Waals surface area contributed by atoms with E-state index < -0.39 is 21.8 Å². The van der Waals surface area contributed by atoms with Gasteiger partial charge in [0.15, 0.2) is 0 Å². The number of pyridine rings is 1. The number of hydrogen-bond donors (Lipinski definition) is 2. The van der Waals surface area contributed by atoms with Gasteiger partial charge in [0.05, 0.1) is 10.5 Å². The SMILES string of the molecule is O=C(NCCCCC1CCN(S(=O)(=O)c2ccc(C(F)(F)F)cc2)CC1)c1cc2cnccc2[nH]1. The van der Waals surface area contributed by atoms with Gasteiger partial charge in [-0.2, -0.15) is 17.5 Å². The maximum atomic E-state index is 12.8. The van der Waals surface area contributed by atoms with Crippen molar-refractivity contribution in [3.63, 3.8) is 0 Å². The number of fused-ring (bicyclic) bond motifs is 1. The second-order valence-electron chi connectivity index (χ2n) is 8.77. The molecule has 1 amide bonds. The van der Waals surface area contributed by atoms with E-state index >= 15 is 0 Å². The molecule has 0 radical (unpaired) electrons. The highest BCUT2D eigenvalue weighted by atomic mass is 32.2. The Kier molecular flexibility index (Phi) is 7.46. The van der Waals surface area contributed by atoms with Crippen LogP contribution in [0.25, 0.3) is 10.9 Å². The topological polar surface area (TPSA) is 95.2 Å². The van der Waals surface area contributed by atoms with Crippen LogP contribution >= 0.6 is 0 Å². The van der Waals surface area contributed by atoms with Crippen molar-refractivity contribution in [1.29, 1.82) is 0 Å². The number of amides is 1. The monoisotopic (exact) mass is 508 g/mol. The van der Waals surface area contributed by atoms with Gasteiger partial charge in [-0.25, -0.2) is 8.42 Å². The van der Waals surface area contributed by atoms with E-state index in [0.29, 0.717) is 44.1 Å². The van der Waals surface area contributed by atoms with E-state index in [2.05, 4.69) is 15.3 Å². The number of alkyl halides is 3. The third-order valence-electron chi connectivity index (χ3n) is 6.38. The van der Waals surface area contributed by atoms with Gasteiger partial charge in [-0.1, -0.05) is 12.8 Å². The van der Waals surface area contributed by atoms with Crippen molar-refractivity contribution < 1.29 is 26.4 Å². The van der Waals surface area contributed by atoms with Crippen LogP contribution in [0, 0.1) is 5.92 Å². The number of nitrogens with one attached hydrogen (secondary N) is 2. The van der Waals surface area contributed by atoms with Crippen molar-refractivity contribution in [2.75, 3.05) is 19.6 Å². The van der Waals surface area contributed by atoms with Crippen molar-refractivity contribution in [2.45, 2.75) is 43.2 Å². The van der Waals surface area contributed by atoms with Gasteiger partial charge in [0.1, 0.15) is 5.69 Å². The summed E-state index contributed by atoms with van der Waals surface area (Å²) in [5, 5.41) is 3.79. The summed E-state index contributed by atoms with van der Waals surface area (Å²) >= 11 is 0. The Labute approximate surface area is 201 Å². The number of piperidine rings is 1. The normalized spacial score (nSPS) is 16.0. The molecule has 11 heteroatoms. The highest BCUT2D eigenvalue weighted by molar-refractivity contribution is 7.89. The lowest BCUT2D eigenvalue weighted by Gasteiger charge is -2.31. The number of benzene rings is 1. The van der Waals surface area contributed by atoms with Crippen LogP contribution in [0.2, 0.25) is 0 Å². The van der Waals surface area contributed by atoms with E-state index in [1.807, 2.05) is 6.07 Å². The number of hydrogen-bond acceptors (Lipinski definition) is 4. The van der Waals surface area contributed by atoms with Crippen LogP contribution < -0.4 is 5.32 Å². The summed E-state index contributed by atoms with van der Waals surface area (Å²) < 4.78 is 65.1. The Bertz CT molecular complexity index is 1230. The van der Waals surface area contributed by atoms with E-state index in [4.69, 9.17) is 0 Å². The van der Waals surface area contributed by atoms with Gasteiger partial charge < -0.3 is 10.3 Å². The first-order valence-electron chi connectivity index (χ1n) is 11.5. The molecule has 0 unspecified atom stereocenters. The zero-order chi connectivity index (χ0) is 25.1. The van der Waals surface area contributed by atoms with Gasteiger partial charge in [-0.05, 0) is 61.6 Å². The Morgan fingerprint density at radius 3 is 2.49 bits per heavy atom. The molecule has 2 N–H and O–H groups in total. The predicted molar refractivity (Wildman–Crippen MR) is 125 cm³/mol.